The number of benzene rings is 2. The number of hydrogen-bond acceptors (Lipinski definition) is 4. The highest BCUT2D eigenvalue weighted by molar-refractivity contribution is 6.31. The normalized spacial score (nSPS) is 11.1. The van der Waals surface area contributed by atoms with Gasteiger partial charge in [0, 0.05) is 6.07 Å². The molecule has 0 aliphatic rings. The molecule has 1 N–H and O–H groups in total. The van der Waals surface area contributed by atoms with Crippen LogP contribution in [0.25, 0.3) is 0 Å². The molecule has 0 atom stereocenters. The van der Waals surface area contributed by atoms with Gasteiger partial charge in [-0.25, -0.2) is 4.79 Å². The highest BCUT2D eigenvalue weighted by atomic mass is 35.5. The lowest BCUT2D eigenvalue weighted by Gasteiger charge is -2.13. The van der Waals surface area contributed by atoms with Gasteiger partial charge in [0.05, 0.1) is 10.6 Å². The second-order valence-corrected chi connectivity index (χ2v) is 5.60. The van der Waals surface area contributed by atoms with Crippen LogP contribution in [0.1, 0.15) is 22.8 Å². The van der Waals surface area contributed by atoms with Crippen molar-refractivity contribution in [3.05, 3.63) is 52.5 Å². The maximum atomic E-state index is 12.7. The molecule has 0 fully saturated rings. The molecular formula is C17H12ClF3O5. The van der Waals surface area contributed by atoms with Gasteiger partial charge in [0.15, 0.2) is 5.78 Å². The summed E-state index contributed by atoms with van der Waals surface area (Å²) in [5.74, 6) is -1.60. The summed E-state index contributed by atoms with van der Waals surface area (Å²) in [5.41, 5.74) is -1.27. The van der Waals surface area contributed by atoms with E-state index in [1.54, 1.807) is 0 Å². The Morgan fingerprint density at radius 3 is 2.27 bits per heavy atom. The molecule has 0 saturated carbocycles. The fourth-order valence-electron chi connectivity index (χ4n) is 1.97. The molecule has 138 valence electrons. The van der Waals surface area contributed by atoms with Crippen LogP contribution in [0.4, 0.5) is 13.2 Å². The van der Waals surface area contributed by atoms with Crippen LogP contribution in [0, 0.1) is 0 Å². The van der Waals surface area contributed by atoms with E-state index in [-0.39, 0.29) is 35.2 Å². The van der Waals surface area contributed by atoms with Crippen molar-refractivity contribution in [2.75, 3.05) is 6.61 Å². The van der Waals surface area contributed by atoms with Crippen LogP contribution in [-0.2, 0) is 11.0 Å². The van der Waals surface area contributed by atoms with Gasteiger partial charge >= 0.3 is 12.1 Å². The van der Waals surface area contributed by atoms with Crippen LogP contribution in [-0.4, -0.2) is 23.5 Å². The van der Waals surface area contributed by atoms with Crippen LogP contribution in [0.15, 0.2) is 36.4 Å². The van der Waals surface area contributed by atoms with Crippen LogP contribution < -0.4 is 9.47 Å². The topological polar surface area (TPSA) is 72.8 Å². The first-order valence-electron chi connectivity index (χ1n) is 7.12. The highest BCUT2D eigenvalue weighted by Crippen LogP contribution is 2.37. The number of carboxylic acid groups (broad SMARTS) is 1. The third-order valence-corrected chi connectivity index (χ3v) is 3.41. The van der Waals surface area contributed by atoms with Crippen molar-refractivity contribution in [1.82, 2.24) is 0 Å². The molecule has 0 heterocycles. The maximum absolute atomic E-state index is 12.7. The Morgan fingerprint density at radius 2 is 1.73 bits per heavy atom. The number of ether oxygens (including phenoxy) is 2. The van der Waals surface area contributed by atoms with Crippen LogP contribution >= 0.6 is 11.6 Å². The molecule has 0 aromatic heterocycles. The third-order valence-electron chi connectivity index (χ3n) is 3.09. The van der Waals surface area contributed by atoms with Gasteiger partial charge in [-0.2, -0.15) is 13.2 Å². The standard InChI is InChI=1S/C17H12ClF3O5/c1-9(22)8-25-15-5-3-10(6-12(15)16(23)24)26-11-2-4-13(14(18)7-11)17(19,20)21/h2-7H,8H2,1H3,(H,23,24). The molecule has 0 aliphatic carbocycles. The van der Waals surface area contributed by atoms with Crippen LogP contribution in [0.2, 0.25) is 5.02 Å². The van der Waals surface area contributed by atoms with Gasteiger partial charge in [-0.05, 0) is 37.3 Å². The van der Waals surface area contributed by atoms with Crippen LogP contribution in [0.5, 0.6) is 17.2 Å². The zero-order valence-corrected chi connectivity index (χ0v) is 14.0. The van der Waals surface area contributed by atoms with E-state index in [0.717, 1.165) is 24.3 Å². The zero-order valence-electron chi connectivity index (χ0n) is 13.3. The molecule has 0 aliphatic heterocycles. The predicted molar refractivity (Wildman–Crippen MR) is 86.1 cm³/mol. The van der Waals surface area contributed by atoms with Gasteiger partial charge in [-0.15, -0.1) is 0 Å². The lowest BCUT2D eigenvalue weighted by molar-refractivity contribution is -0.137. The maximum Gasteiger partial charge on any atom is 0.417 e. The number of alkyl halides is 3. The quantitative estimate of drug-likeness (QED) is 0.768. The lowest BCUT2D eigenvalue weighted by Crippen LogP contribution is -2.10. The highest BCUT2D eigenvalue weighted by Gasteiger charge is 2.33. The third kappa shape index (κ3) is 4.89. The SMILES string of the molecule is CC(=O)COc1ccc(Oc2ccc(C(F)(F)F)c(Cl)c2)cc1C(=O)O. The summed E-state index contributed by atoms with van der Waals surface area (Å²) in [5, 5.41) is 8.68. The fourth-order valence-corrected chi connectivity index (χ4v) is 2.25. The lowest BCUT2D eigenvalue weighted by atomic mass is 10.2. The van der Waals surface area contributed by atoms with Crippen molar-refractivity contribution < 1.29 is 37.3 Å². The smallest absolute Gasteiger partial charge is 0.417 e. The van der Waals surface area contributed by atoms with Crippen molar-refractivity contribution in [2.45, 2.75) is 13.1 Å². The molecule has 0 unspecified atom stereocenters. The Kier molecular flexibility index (Phi) is 5.76. The second kappa shape index (κ2) is 7.65. The van der Waals surface area contributed by atoms with Gasteiger partial charge in [0.2, 0.25) is 0 Å². The Bertz CT molecular complexity index is 849. The molecule has 2 aromatic carbocycles. The van der Waals surface area contributed by atoms with Gasteiger partial charge in [-0.3, -0.25) is 4.79 Å². The molecule has 0 spiro atoms. The minimum absolute atomic E-state index is 0.00302. The van der Waals surface area contributed by atoms with E-state index in [1.807, 2.05) is 0 Å². The number of carbonyl (C=O) groups is 2. The fraction of sp³-hybridized carbons (Fsp3) is 0.176. The van der Waals surface area contributed by atoms with Crippen molar-refractivity contribution in [3.8, 4) is 17.2 Å². The number of ketones is 1. The molecule has 0 amide bonds. The molecule has 0 saturated heterocycles. The first kappa shape index (κ1) is 19.6. The summed E-state index contributed by atoms with van der Waals surface area (Å²) in [6.45, 7) is 0.987. The average molecular weight is 389 g/mol. The predicted octanol–water partition coefficient (Wildman–Crippen LogP) is 4.82. The van der Waals surface area contributed by atoms with Gasteiger partial charge in [-0.1, -0.05) is 11.6 Å². The van der Waals surface area contributed by atoms with Gasteiger partial charge in [0.1, 0.15) is 29.4 Å². The molecule has 0 radical (unpaired) electrons. The summed E-state index contributed by atoms with van der Waals surface area (Å²) in [4.78, 5) is 22.3. The number of halogens is 4. The first-order chi connectivity index (χ1) is 12.1. The number of Topliss-reactive ketones (excluding diaryl/α,β-unsaturated/α-hetero) is 1. The van der Waals surface area contributed by atoms with E-state index >= 15 is 0 Å². The zero-order chi connectivity index (χ0) is 19.5. The number of hydrogen-bond donors (Lipinski definition) is 1. The van der Waals surface area contributed by atoms with E-state index in [4.69, 9.17) is 21.1 Å². The summed E-state index contributed by atoms with van der Waals surface area (Å²) < 4.78 is 48.5. The summed E-state index contributed by atoms with van der Waals surface area (Å²) in [6, 6.07) is 6.57. The van der Waals surface area contributed by atoms with E-state index in [9.17, 15) is 27.9 Å². The average Bonchev–Trinajstić information content (AvgIpc) is 2.52. The Balaban J connectivity index is 2.27. The Labute approximate surface area is 150 Å². The number of rotatable bonds is 6. The van der Waals surface area contributed by atoms with Crippen molar-refractivity contribution in [1.29, 1.82) is 0 Å². The number of aromatic carboxylic acids is 1. The van der Waals surface area contributed by atoms with Crippen molar-refractivity contribution in [2.24, 2.45) is 0 Å². The summed E-state index contributed by atoms with van der Waals surface area (Å²) >= 11 is 5.61. The molecule has 0 bridgehead atoms. The molecular weight excluding hydrogens is 377 g/mol. The minimum Gasteiger partial charge on any atom is -0.485 e. The van der Waals surface area contributed by atoms with E-state index in [2.05, 4.69) is 0 Å². The molecule has 26 heavy (non-hydrogen) atoms. The second-order valence-electron chi connectivity index (χ2n) is 5.20. The Hall–Kier alpha value is -2.74. The van der Waals surface area contributed by atoms with Crippen molar-refractivity contribution in [3.63, 3.8) is 0 Å². The Morgan fingerprint density at radius 1 is 1.12 bits per heavy atom. The molecule has 2 rings (SSSR count). The summed E-state index contributed by atoms with van der Waals surface area (Å²) in [6.07, 6.45) is -4.60. The van der Waals surface area contributed by atoms with E-state index in [0.29, 0.717) is 0 Å². The first-order valence-corrected chi connectivity index (χ1v) is 7.50. The number of carboxylic acids is 1. The molecule has 5 nitrogen and oxygen atoms in total. The largest absolute Gasteiger partial charge is 0.485 e. The molecule has 2 aromatic rings. The monoisotopic (exact) mass is 388 g/mol. The van der Waals surface area contributed by atoms with E-state index in [1.165, 1.54) is 19.1 Å². The molecule has 9 heteroatoms. The van der Waals surface area contributed by atoms with Crippen molar-refractivity contribution >= 4 is 23.4 Å². The minimum atomic E-state index is -4.60. The van der Waals surface area contributed by atoms with E-state index < -0.39 is 22.7 Å². The van der Waals surface area contributed by atoms with Gasteiger partial charge < -0.3 is 14.6 Å². The number of carbonyl (C=O) groups excluding carboxylic acids is 1. The summed E-state index contributed by atoms with van der Waals surface area (Å²) in [7, 11) is 0. The van der Waals surface area contributed by atoms with Crippen LogP contribution in [0.3, 0.4) is 0 Å². The van der Waals surface area contributed by atoms with Gasteiger partial charge in [0.25, 0.3) is 0 Å².